The number of rotatable bonds is 5. The Hall–Kier alpha value is -0.280. The predicted molar refractivity (Wildman–Crippen MR) is 53.5 cm³/mol. The van der Waals surface area contributed by atoms with Crippen LogP contribution < -0.4 is 0 Å². The van der Waals surface area contributed by atoms with Crippen molar-refractivity contribution in [1.82, 2.24) is 4.90 Å². The minimum Gasteiger partial charge on any atom is -0.468 e. The van der Waals surface area contributed by atoms with Crippen molar-refractivity contribution < 1.29 is 4.42 Å². The summed E-state index contributed by atoms with van der Waals surface area (Å²) in [7, 11) is 2.10. The van der Waals surface area contributed by atoms with Gasteiger partial charge in [0.15, 0.2) is 0 Å². The van der Waals surface area contributed by atoms with Gasteiger partial charge in [-0.05, 0) is 32.1 Å². The highest BCUT2D eigenvalue weighted by Crippen LogP contribution is 2.04. The Morgan fingerprint density at radius 2 is 2.42 bits per heavy atom. The normalized spacial score (nSPS) is 10.9. The van der Waals surface area contributed by atoms with Gasteiger partial charge in [-0.15, -0.1) is 0 Å². The summed E-state index contributed by atoms with van der Waals surface area (Å²) in [6.07, 6.45) is 2.89. The van der Waals surface area contributed by atoms with Crippen LogP contribution in [0.3, 0.4) is 0 Å². The van der Waals surface area contributed by atoms with Gasteiger partial charge in [0.2, 0.25) is 0 Å². The fourth-order valence-electron chi connectivity index (χ4n) is 1.08. The average Bonchev–Trinajstić information content (AvgIpc) is 2.53. The summed E-state index contributed by atoms with van der Waals surface area (Å²) in [4.78, 5) is 2.25. The first-order chi connectivity index (χ1) is 5.83. The summed E-state index contributed by atoms with van der Waals surface area (Å²) >= 11 is 3.41. The van der Waals surface area contributed by atoms with E-state index in [1.807, 2.05) is 12.1 Å². The van der Waals surface area contributed by atoms with Crippen molar-refractivity contribution in [3.05, 3.63) is 24.2 Å². The number of hydrogen-bond donors (Lipinski definition) is 0. The lowest BCUT2D eigenvalue weighted by Crippen LogP contribution is -2.18. The second kappa shape index (κ2) is 5.38. The topological polar surface area (TPSA) is 16.4 Å². The molecule has 0 spiro atoms. The van der Waals surface area contributed by atoms with Crippen LogP contribution in [0.25, 0.3) is 0 Å². The van der Waals surface area contributed by atoms with E-state index >= 15 is 0 Å². The van der Waals surface area contributed by atoms with Crippen LogP contribution in [-0.4, -0.2) is 23.8 Å². The Labute approximate surface area is 81.7 Å². The molecule has 0 saturated carbocycles. The van der Waals surface area contributed by atoms with E-state index in [9.17, 15) is 0 Å². The quantitative estimate of drug-likeness (QED) is 0.725. The summed E-state index contributed by atoms with van der Waals surface area (Å²) in [5.74, 6) is 1.03. The molecule has 1 aromatic heterocycles. The Kier molecular flexibility index (Phi) is 4.40. The summed E-state index contributed by atoms with van der Waals surface area (Å²) in [5.41, 5.74) is 0. The van der Waals surface area contributed by atoms with E-state index in [-0.39, 0.29) is 0 Å². The standard InChI is InChI=1S/C9H14BrNO/c1-11(6-3-5-10)8-9-4-2-7-12-9/h2,4,7H,3,5-6,8H2,1H3. The molecule has 2 nitrogen and oxygen atoms in total. The molecule has 0 fully saturated rings. The van der Waals surface area contributed by atoms with Crippen molar-refractivity contribution in [1.29, 1.82) is 0 Å². The molecule has 1 rings (SSSR count). The molecule has 12 heavy (non-hydrogen) atoms. The van der Waals surface area contributed by atoms with Crippen LogP contribution in [0.1, 0.15) is 12.2 Å². The largest absolute Gasteiger partial charge is 0.468 e. The highest BCUT2D eigenvalue weighted by atomic mass is 79.9. The molecule has 0 atom stereocenters. The first-order valence-electron chi connectivity index (χ1n) is 4.10. The minimum atomic E-state index is 0.903. The lowest BCUT2D eigenvalue weighted by atomic mass is 10.4. The fraction of sp³-hybridized carbons (Fsp3) is 0.556. The zero-order valence-corrected chi connectivity index (χ0v) is 8.88. The molecule has 3 heteroatoms. The Morgan fingerprint density at radius 3 is 3.00 bits per heavy atom. The average molecular weight is 232 g/mol. The number of hydrogen-bond acceptors (Lipinski definition) is 2. The second-order valence-electron chi connectivity index (χ2n) is 2.86. The first kappa shape index (κ1) is 9.81. The highest BCUT2D eigenvalue weighted by molar-refractivity contribution is 9.09. The van der Waals surface area contributed by atoms with Crippen LogP contribution in [-0.2, 0) is 6.54 Å². The summed E-state index contributed by atoms with van der Waals surface area (Å²) in [5, 5.41) is 1.06. The smallest absolute Gasteiger partial charge is 0.117 e. The molecule has 0 radical (unpaired) electrons. The van der Waals surface area contributed by atoms with Crippen LogP contribution in [0.15, 0.2) is 22.8 Å². The molecule has 1 aromatic rings. The summed E-state index contributed by atoms with van der Waals surface area (Å²) < 4.78 is 5.23. The molecule has 0 unspecified atom stereocenters. The maximum atomic E-state index is 5.23. The van der Waals surface area contributed by atoms with Crippen molar-refractivity contribution in [3.8, 4) is 0 Å². The number of halogens is 1. The third kappa shape index (κ3) is 3.41. The van der Waals surface area contributed by atoms with Gasteiger partial charge in [0, 0.05) is 5.33 Å². The van der Waals surface area contributed by atoms with E-state index in [2.05, 4.69) is 27.9 Å². The van der Waals surface area contributed by atoms with Crippen LogP contribution >= 0.6 is 15.9 Å². The van der Waals surface area contributed by atoms with Gasteiger partial charge in [-0.3, -0.25) is 4.90 Å². The molecule has 0 saturated heterocycles. The predicted octanol–water partition coefficient (Wildman–Crippen LogP) is 2.50. The molecule has 0 aliphatic carbocycles. The van der Waals surface area contributed by atoms with Crippen molar-refractivity contribution in [2.75, 3.05) is 18.9 Å². The maximum Gasteiger partial charge on any atom is 0.117 e. The summed E-state index contributed by atoms with van der Waals surface area (Å²) in [6.45, 7) is 2.01. The molecule has 0 aromatic carbocycles. The van der Waals surface area contributed by atoms with Crippen molar-refractivity contribution >= 4 is 15.9 Å². The Balaban J connectivity index is 2.22. The van der Waals surface area contributed by atoms with Crippen LogP contribution in [0.2, 0.25) is 0 Å². The maximum absolute atomic E-state index is 5.23. The molecule has 0 aliphatic heterocycles. The molecule has 0 aliphatic rings. The van der Waals surface area contributed by atoms with Crippen LogP contribution in [0, 0.1) is 0 Å². The number of alkyl halides is 1. The molecule has 1 heterocycles. The van der Waals surface area contributed by atoms with Gasteiger partial charge in [-0.25, -0.2) is 0 Å². The zero-order chi connectivity index (χ0) is 8.81. The first-order valence-corrected chi connectivity index (χ1v) is 5.22. The van der Waals surface area contributed by atoms with Crippen LogP contribution in [0.4, 0.5) is 0 Å². The molecule has 0 bridgehead atoms. The number of nitrogens with zero attached hydrogens (tertiary/aromatic N) is 1. The van der Waals surface area contributed by atoms with Gasteiger partial charge in [-0.2, -0.15) is 0 Å². The third-order valence-corrected chi connectivity index (χ3v) is 2.24. The van der Waals surface area contributed by atoms with Gasteiger partial charge in [0.25, 0.3) is 0 Å². The van der Waals surface area contributed by atoms with Crippen molar-refractivity contribution in [3.63, 3.8) is 0 Å². The van der Waals surface area contributed by atoms with Gasteiger partial charge < -0.3 is 4.42 Å². The van der Waals surface area contributed by atoms with Gasteiger partial charge in [0.05, 0.1) is 12.8 Å². The lowest BCUT2D eigenvalue weighted by Gasteiger charge is -2.13. The third-order valence-electron chi connectivity index (χ3n) is 1.68. The molecule has 0 N–H and O–H groups in total. The van der Waals surface area contributed by atoms with Crippen molar-refractivity contribution in [2.45, 2.75) is 13.0 Å². The second-order valence-corrected chi connectivity index (χ2v) is 3.65. The Morgan fingerprint density at radius 1 is 1.58 bits per heavy atom. The van der Waals surface area contributed by atoms with Crippen LogP contribution in [0.5, 0.6) is 0 Å². The van der Waals surface area contributed by atoms with Crippen molar-refractivity contribution in [2.24, 2.45) is 0 Å². The van der Waals surface area contributed by atoms with Gasteiger partial charge in [-0.1, -0.05) is 15.9 Å². The monoisotopic (exact) mass is 231 g/mol. The summed E-state index contributed by atoms with van der Waals surface area (Å²) in [6, 6.07) is 3.93. The van der Waals surface area contributed by atoms with E-state index in [0.717, 1.165) is 24.2 Å². The lowest BCUT2D eigenvalue weighted by molar-refractivity contribution is 0.296. The van der Waals surface area contributed by atoms with E-state index < -0.39 is 0 Å². The number of furan rings is 1. The molecule has 68 valence electrons. The van der Waals surface area contributed by atoms with E-state index in [1.54, 1.807) is 6.26 Å². The van der Waals surface area contributed by atoms with Gasteiger partial charge in [0.1, 0.15) is 5.76 Å². The fourth-order valence-corrected chi connectivity index (χ4v) is 1.33. The molecule has 0 amide bonds. The highest BCUT2D eigenvalue weighted by Gasteiger charge is 2.00. The molecular formula is C9H14BrNO. The van der Waals surface area contributed by atoms with Gasteiger partial charge >= 0.3 is 0 Å². The minimum absolute atomic E-state index is 0.903. The zero-order valence-electron chi connectivity index (χ0n) is 7.29. The van der Waals surface area contributed by atoms with E-state index in [1.165, 1.54) is 6.42 Å². The Bertz CT molecular complexity index is 198. The van der Waals surface area contributed by atoms with E-state index in [0.29, 0.717) is 0 Å². The van der Waals surface area contributed by atoms with E-state index in [4.69, 9.17) is 4.42 Å². The SMILES string of the molecule is CN(CCCBr)Cc1ccco1. The molecular weight excluding hydrogens is 218 g/mol.